The molecule has 4 rings (SSSR count). The molecule has 0 aromatic heterocycles. The quantitative estimate of drug-likeness (QED) is 0.792. The van der Waals surface area contributed by atoms with Gasteiger partial charge in [0.1, 0.15) is 12.2 Å². The lowest BCUT2D eigenvalue weighted by molar-refractivity contribution is -0.198. The molecule has 1 saturated heterocycles. The first-order chi connectivity index (χ1) is 13.4. The van der Waals surface area contributed by atoms with Crippen molar-refractivity contribution in [3.63, 3.8) is 0 Å². The standard InChI is InChI=1S/C21H26O7/c1-25-19(23)20(24)12-15(26-18(22)14-8-4-2-5-9-14)17-16(13-20)27-21(28-17)10-6-3-7-11-21/h2,4-5,8-9,15-17,24H,3,6-7,10-13H2,1H3/t15-,16-,17-,20-/m0/s1. The molecule has 3 fully saturated rings. The van der Waals surface area contributed by atoms with Crippen LogP contribution in [0.15, 0.2) is 30.3 Å². The summed E-state index contributed by atoms with van der Waals surface area (Å²) in [5, 5.41) is 10.9. The summed E-state index contributed by atoms with van der Waals surface area (Å²) in [6.45, 7) is 0. The Hall–Kier alpha value is -1.96. The summed E-state index contributed by atoms with van der Waals surface area (Å²) in [5.41, 5.74) is -1.38. The van der Waals surface area contributed by atoms with E-state index in [0.29, 0.717) is 5.56 Å². The summed E-state index contributed by atoms with van der Waals surface area (Å²) in [6.07, 6.45) is 2.75. The van der Waals surface area contributed by atoms with Gasteiger partial charge in [0.25, 0.3) is 0 Å². The van der Waals surface area contributed by atoms with Gasteiger partial charge in [-0.1, -0.05) is 24.6 Å². The highest BCUT2D eigenvalue weighted by Crippen LogP contribution is 2.47. The number of ether oxygens (including phenoxy) is 4. The highest BCUT2D eigenvalue weighted by Gasteiger charge is 2.60. The van der Waals surface area contributed by atoms with E-state index in [-0.39, 0.29) is 12.8 Å². The zero-order chi connectivity index (χ0) is 19.8. The van der Waals surface area contributed by atoms with Crippen LogP contribution in [0.1, 0.15) is 55.3 Å². The van der Waals surface area contributed by atoms with E-state index in [1.165, 1.54) is 7.11 Å². The number of hydrogen-bond acceptors (Lipinski definition) is 7. The molecule has 0 bridgehead atoms. The first-order valence-electron chi connectivity index (χ1n) is 9.87. The minimum atomic E-state index is -1.78. The highest BCUT2D eigenvalue weighted by molar-refractivity contribution is 5.89. The van der Waals surface area contributed by atoms with Gasteiger partial charge in [-0.3, -0.25) is 0 Å². The van der Waals surface area contributed by atoms with Crippen molar-refractivity contribution in [3.05, 3.63) is 35.9 Å². The molecule has 0 amide bonds. The number of benzene rings is 1. The van der Waals surface area contributed by atoms with Gasteiger partial charge in [0, 0.05) is 25.7 Å². The van der Waals surface area contributed by atoms with E-state index in [2.05, 4.69) is 0 Å². The number of carbonyl (C=O) groups excluding carboxylic acids is 2. The van der Waals surface area contributed by atoms with Crippen LogP contribution in [0.4, 0.5) is 0 Å². The summed E-state index contributed by atoms with van der Waals surface area (Å²) >= 11 is 0. The summed E-state index contributed by atoms with van der Waals surface area (Å²) in [5.74, 6) is -1.99. The molecule has 0 radical (unpaired) electrons. The molecule has 7 heteroatoms. The number of carbonyl (C=O) groups is 2. The molecular weight excluding hydrogens is 364 g/mol. The van der Waals surface area contributed by atoms with Gasteiger partial charge < -0.3 is 24.1 Å². The Bertz CT molecular complexity index is 728. The summed E-state index contributed by atoms with van der Waals surface area (Å²) in [7, 11) is 1.23. The molecule has 1 spiro atoms. The number of hydrogen-bond donors (Lipinski definition) is 1. The smallest absolute Gasteiger partial charge is 0.338 e. The summed E-state index contributed by atoms with van der Waals surface area (Å²) in [4.78, 5) is 24.8. The van der Waals surface area contributed by atoms with E-state index in [0.717, 1.165) is 32.1 Å². The van der Waals surface area contributed by atoms with Crippen molar-refractivity contribution in [1.82, 2.24) is 0 Å². The molecular formula is C21H26O7. The fourth-order valence-electron chi connectivity index (χ4n) is 4.60. The zero-order valence-corrected chi connectivity index (χ0v) is 16.0. The molecule has 1 heterocycles. The molecule has 7 nitrogen and oxygen atoms in total. The van der Waals surface area contributed by atoms with Crippen LogP contribution in [0.5, 0.6) is 0 Å². The lowest BCUT2D eigenvalue weighted by atomic mass is 9.79. The van der Waals surface area contributed by atoms with E-state index in [1.807, 2.05) is 6.07 Å². The Kier molecular flexibility index (Phi) is 5.16. The van der Waals surface area contributed by atoms with E-state index >= 15 is 0 Å². The van der Waals surface area contributed by atoms with Crippen molar-refractivity contribution in [1.29, 1.82) is 0 Å². The molecule has 28 heavy (non-hydrogen) atoms. The Balaban J connectivity index is 1.58. The second-order valence-electron chi connectivity index (χ2n) is 7.95. The lowest BCUT2D eigenvalue weighted by Crippen LogP contribution is -2.56. The van der Waals surface area contributed by atoms with Gasteiger partial charge in [-0.15, -0.1) is 0 Å². The maximum absolute atomic E-state index is 12.6. The SMILES string of the molecule is COC(=O)[C@]1(O)C[C@H](OC(=O)c2ccccc2)[C@@H]2OC3(CCCCC3)O[C@H]2C1. The van der Waals surface area contributed by atoms with Crippen molar-refractivity contribution >= 4 is 11.9 Å². The van der Waals surface area contributed by atoms with E-state index in [9.17, 15) is 14.7 Å². The molecule has 1 aromatic carbocycles. The van der Waals surface area contributed by atoms with Gasteiger partial charge >= 0.3 is 11.9 Å². The third-order valence-corrected chi connectivity index (χ3v) is 5.98. The fourth-order valence-corrected chi connectivity index (χ4v) is 4.60. The van der Waals surface area contributed by atoms with Crippen LogP contribution in [0, 0.1) is 0 Å². The first kappa shape index (κ1) is 19.4. The van der Waals surface area contributed by atoms with Crippen LogP contribution < -0.4 is 0 Å². The first-order valence-corrected chi connectivity index (χ1v) is 9.87. The minimum Gasteiger partial charge on any atom is -0.467 e. The summed E-state index contributed by atoms with van der Waals surface area (Å²) in [6, 6.07) is 8.62. The second-order valence-corrected chi connectivity index (χ2v) is 7.95. The largest absolute Gasteiger partial charge is 0.467 e. The molecule has 0 unspecified atom stereocenters. The van der Waals surface area contributed by atoms with Crippen molar-refractivity contribution in [3.8, 4) is 0 Å². The number of methoxy groups -OCH3 is 1. The number of aliphatic hydroxyl groups is 1. The van der Waals surface area contributed by atoms with Gasteiger partial charge in [0.15, 0.2) is 11.4 Å². The predicted molar refractivity (Wildman–Crippen MR) is 97.4 cm³/mol. The fraction of sp³-hybridized carbons (Fsp3) is 0.619. The predicted octanol–water partition coefficient (Wildman–Crippen LogP) is 2.35. The van der Waals surface area contributed by atoms with Crippen molar-refractivity contribution < 1.29 is 33.6 Å². The molecule has 1 N–H and O–H groups in total. The third-order valence-electron chi connectivity index (χ3n) is 5.98. The van der Waals surface area contributed by atoms with E-state index < -0.39 is 41.6 Å². The van der Waals surface area contributed by atoms with Gasteiger partial charge in [0.2, 0.25) is 0 Å². The number of esters is 2. The third kappa shape index (κ3) is 3.54. The molecule has 1 aliphatic heterocycles. The van der Waals surface area contributed by atoms with E-state index in [4.69, 9.17) is 18.9 Å². The Morgan fingerprint density at radius 3 is 2.46 bits per heavy atom. The Morgan fingerprint density at radius 2 is 1.79 bits per heavy atom. The van der Waals surface area contributed by atoms with Crippen LogP contribution in [0.2, 0.25) is 0 Å². The van der Waals surface area contributed by atoms with Crippen LogP contribution in [-0.4, -0.2) is 53.9 Å². The van der Waals surface area contributed by atoms with Crippen LogP contribution in [-0.2, 0) is 23.7 Å². The lowest BCUT2D eigenvalue weighted by Gasteiger charge is -2.39. The van der Waals surface area contributed by atoms with Crippen molar-refractivity contribution in [2.24, 2.45) is 0 Å². The topological polar surface area (TPSA) is 91.3 Å². The molecule has 2 saturated carbocycles. The summed E-state index contributed by atoms with van der Waals surface area (Å²) < 4.78 is 23.0. The van der Waals surface area contributed by atoms with Crippen LogP contribution in [0.3, 0.4) is 0 Å². The molecule has 3 aliphatic rings. The van der Waals surface area contributed by atoms with Gasteiger partial charge in [-0.2, -0.15) is 0 Å². The number of fused-ring (bicyclic) bond motifs is 1. The zero-order valence-electron chi connectivity index (χ0n) is 16.0. The monoisotopic (exact) mass is 390 g/mol. The minimum absolute atomic E-state index is 0.0610. The molecule has 2 aliphatic carbocycles. The Labute approximate surface area is 163 Å². The van der Waals surface area contributed by atoms with Gasteiger partial charge in [-0.25, -0.2) is 9.59 Å². The molecule has 152 valence electrons. The van der Waals surface area contributed by atoms with Crippen LogP contribution >= 0.6 is 0 Å². The van der Waals surface area contributed by atoms with Crippen LogP contribution in [0.25, 0.3) is 0 Å². The van der Waals surface area contributed by atoms with Crippen molar-refractivity contribution in [2.45, 2.75) is 74.6 Å². The second kappa shape index (κ2) is 7.46. The van der Waals surface area contributed by atoms with Gasteiger partial charge in [0.05, 0.1) is 18.8 Å². The molecule has 1 aromatic rings. The Morgan fingerprint density at radius 1 is 1.07 bits per heavy atom. The van der Waals surface area contributed by atoms with Crippen molar-refractivity contribution in [2.75, 3.05) is 7.11 Å². The number of rotatable bonds is 3. The average molecular weight is 390 g/mol. The van der Waals surface area contributed by atoms with Gasteiger partial charge in [-0.05, 0) is 25.0 Å². The highest BCUT2D eigenvalue weighted by atomic mass is 16.8. The molecule has 4 atom stereocenters. The maximum atomic E-state index is 12.6. The normalized spacial score (nSPS) is 33.9. The van der Waals surface area contributed by atoms with E-state index in [1.54, 1.807) is 24.3 Å². The average Bonchev–Trinajstić information content (AvgIpc) is 3.05. The maximum Gasteiger partial charge on any atom is 0.338 e.